The van der Waals surface area contributed by atoms with Crippen molar-refractivity contribution in [3.63, 3.8) is 0 Å². The highest BCUT2D eigenvalue weighted by Crippen LogP contribution is 2.38. The number of carbonyl (C=O) groups is 2. The van der Waals surface area contributed by atoms with Crippen LogP contribution in [0.5, 0.6) is 11.5 Å². The molecule has 0 aromatic heterocycles. The van der Waals surface area contributed by atoms with Gasteiger partial charge in [-0.25, -0.2) is 13.7 Å². The van der Waals surface area contributed by atoms with Gasteiger partial charge < -0.3 is 19.3 Å². The molecule has 2 aliphatic rings. The molecule has 2 aromatic rings. The third-order valence-electron chi connectivity index (χ3n) is 5.71. The van der Waals surface area contributed by atoms with E-state index >= 15 is 0 Å². The molecule has 1 fully saturated rings. The molecule has 2 heterocycles. The van der Waals surface area contributed by atoms with Crippen LogP contribution in [0.2, 0.25) is 0 Å². The van der Waals surface area contributed by atoms with Gasteiger partial charge in [-0.2, -0.15) is 0 Å². The first kappa shape index (κ1) is 21.8. The normalized spacial score (nSPS) is 17.4. The van der Waals surface area contributed by atoms with Crippen LogP contribution in [-0.2, 0) is 9.59 Å². The molecule has 32 heavy (non-hydrogen) atoms. The third-order valence-corrected chi connectivity index (χ3v) is 5.71. The van der Waals surface area contributed by atoms with E-state index in [1.165, 1.54) is 20.3 Å². The first-order valence-corrected chi connectivity index (χ1v) is 10.1. The van der Waals surface area contributed by atoms with E-state index in [4.69, 9.17) is 9.47 Å². The maximum Gasteiger partial charge on any atom is 0.282 e. The molecule has 0 atom stereocenters. The van der Waals surface area contributed by atoms with Gasteiger partial charge in [-0.3, -0.25) is 9.59 Å². The van der Waals surface area contributed by atoms with Crippen molar-refractivity contribution < 1.29 is 27.8 Å². The van der Waals surface area contributed by atoms with Gasteiger partial charge in [0.1, 0.15) is 5.70 Å². The summed E-state index contributed by atoms with van der Waals surface area (Å²) in [5.41, 5.74) is 0.867. The number of likely N-dealkylation sites (N-methyl/N-ethyl adjacent to an activating group) is 1. The van der Waals surface area contributed by atoms with Crippen molar-refractivity contribution in [1.29, 1.82) is 0 Å². The second-order valence-electron chi connectivity index (χ2n) is 7.63. The fraction of sp³-hybridized carbons (Fsp3) is 0.304. The Bertz CT molecular complexity index is 1110. The minimum Gasteiger partial charge on any atom is -0.493 e. The number of nitrogens with zero attached hydrogens (tertiary/aromatic N) is 3. The molecule has 0 unspecified atom stereocenters. The van der Waals surface area contributed by atoms with Gasteiger partial charge >= 0.3 is 0 Å². The lowest BCUT2D eigenvalue weighted by Crippen LogP contribution is -2.46. The van der Waals surface area contributed by atoms with Gasteiger partial charge in [-0.05, 0) is 36.9 Å². The summed E-state index contributed by atoms with van der Waals surface area (Å²) in [6.07, 6.45) is 0. The molecule has 7 nitrogen and oxygen atoms in total. The lowest BCUT2D eigenvalue weighted by atomic mass is 10.0. The molecule has 9 heteroatoms. The number of halogens is 2. The third kappa shape index (κ3) is 3.69. The minimum atomic E-state index is -1.14. The van der Waals surface area contributed by atoms with Gasteiger partial charge in [0.05, 0.1) is 25.5 Å². The Hall–Kier alpha value is -3.46. The van der Waals surface area contributed by atoms with Crippen LogP contribution in [-0.4, -0.2) is 69.1 Å². The average molecular weight is 443 g/mol. The highest BCUT2D eigenvalue weighted by Gasteiger charge is 2.43. The molecular weight excluding hydrogens is 420 g/mol. The van der Waals surface area contributed by atoms with E-state index in [2.05, 4.69) is 4.90 Å². The van der Waals surface area contributed by atoms with Crippen LogP contribution in [0.4, 0.5) is 14.5 Å². The first-order valence-electron chi connectivity index (χ1n) is 10.1. The lowest BCUT2D eigenvalue weighted by molar-refractivity contribution is -0.120. The molecule has 2 aromatic carbocycles. The van der Waals surface area contributed by atoms with Gasteiger partial charge in [-0.1, -0.05) is 6.07 Å². The fourth-order valence-corrected chi connectivity index (χ4v) is 3.95. The first-order chi connectivity index (χ1) is 15.3. The predicted molar refractivity (Wildman–Crippen MR) is 114 cm³/mol. The highest BCUT2D eigenvalue weighted by molar-refractivity contribution is 6.45. The molecule has 0 saturated carbocycles. The second-order valence-corrected chi connectivity index (χ2v) is 7.63. The zero-order valence-corrected chi connectivity index (χ0v) is 18.0. The summed E-state index contributed by atoms with van der Waals surface area (Å²) >= 11 is 0. The summed E-state index contributed by atoms with van der Waals surface area (Å²) in [6.45, 7) is 2.53. The van der Waals surface area contributed by atoms with Crippen molar-refractivity contribution in [1.82, 2.24) is 9.80 Å². The van der Waals surface area contributed by atoms with Crippen LogP contribution < -0.4 is 14.4 Å². The Morgan fingerprint density at radius 3 is 2.12 bits per heavy atom. The standard InChI is InChI=1S/C23H23F2N3O4/c1-26-8-10-27(11-9-26)21-20(14-4-7-18(31-2)19(12-14)32-3)22(29)28(23(21)30)15-5-6-16(24)17(25)13-15/h4-7,12-13H,8-11H2,1-3H3. The number of anilines is 1. The maximum absolute atomic E-state index is 13.9. The number of methoxy groups -OCH3 is 2. The van der Waals surface area contributed by atoms with Crippen molar-refractivity contribution in [2.45, 2.75) is 0 Å². The predicted octanol–water partition coefficient (Wildman–Crippen LogP) is 2.51. The number of carbonyl (C=O) groups excluding carboxylic acids is 2. The topological polar surface area (TPSA) is 62.3 Å². The molecule has 168 valence electrons. The second kappa shape index (κ2) is 8.58. The smallest absolute Gasteiger partial charge is 0.282 e. The maximum atomic E-state index is 13.9. The summed E-state index contributed by atoms with van der Waals surface area (Å²) in [6, 6.07) is 7.92. The molecule has 1 saturated heterocycles. The van der Waals surface area contributed by atoms with Crippen LogP contribution in [0.1, 0.15) is 5.56 Å². The Morgan fingerprint density at radius 1 is 0.812 bits per heavy atom. The Morgan fingerprint density at radius 2 is 1.50 bits per heavy atom. The summed E-state index contributed by atoms with van der Waals surface area (Å²) in [5, 5.41) is 0. The number of benzene rings is 2. The van der Waals surface area contributed by atoms with Gasteiger partial charge in [-0.15, -0.1) is 0 Å². The van der Waals surface area contributed by atoms with Crippen LogP contribution in [0.25, 0.3) is 5.57 Å². The van der Waals surface area contributed by atoms with E-state index in [0.717, 1.165) is 30.1 Å². The largest absolute Gasteiger partial charge is 0.493 e. The van der Waals surface area contributed by atoms with Crippen molar-refractivity contribution in [3.05, 3.63) is 59.3 Å². The number of hydrogen-bond donors (Lipinski definition) is 0. The van der Waals surface area contributed by atoms with E-state index < -0.39 is 23.4 Å². The fourth-order valence-electron chi connectivity index (χ4n) is 3.95. The van der Waals surface area contributed by atoms with Gasteiger partial charge in [0, 0.05) is 32.2 Å². The van der Waals surface area contributed by atoms with Gasteiger partial charge in [0.25, 0.3) is 11.8 Å². The molecule has 0 aliphatic carbocycles. The van der Waals surface area contributed by atoms with Crippen LogP contribution >= 0.6 is 0 Å². The Balaban J connectivity index is 1.84. The molecule has 2 amide bonds. The number of amides is 2. The molecule has 4 rings (SSSR count). The quantitative estimate of drug-likeness (QED) is 0.662. The van der Waals surface area contributed by atoms with E-state index in [9.17, 15) is 18.4 Å². The van der Waals surface area contributed by atoms with Crippen molar-refractivity contribution in [3.8, 4) is 11.5 Å². The number of piperazine rings is 1. The van der Waals surface area contributed by atoms with Gasteiger partial charge in [0.15, 0.2) is 23.1 Å². The highest BCUT2D eigenvalue weighted by atomic mass is 19.2. The van der Waals surface area contributed by atoms with Crippen molar-refractivity contribution >= 4 is 23.1 Å². The van der Waals surface area contributed by atoms with Crippen molar-refractivity contribution in [2.24, 2.45) is 0 Å². The number of hydrogen-bond acceptors (Lipinski definition) is 6. The van der Waals surface area contributed by atoms with E-state index in [1.54, 1.807) is 18.2 Å². The summed E-state index contributed by atoms with van der Waals surface area (Å²) in [4.78, 5) is 31.9. The number of imide groups is 1. The SMILES string of the molecule is COc1ccc(C2=C(N3CCN(C)CC3)C(=O)N(c3ccc(F)c(F)c3)C2=O)cc1OC. The minimum absolute atomic E-state index is 0.0268. The van der Waals surface area contributed by atoms with E-state index in [-0.39, 0.29) is 17.0 Å². The summed E-state index contributed by atoms with van der Waals surface area (Å²) in [7, 11) is 4.96. The van der Waals surface area contributed by atoms with Crippen LogP contribution in [0.15, 0.2) is 42.1 Å². The molecule has 0 spiro atoms. The molecular formula is C23H23F2N3O4. The zero-order valence-electron chi connectivity index (χ0n) is 18.0. The van der Waals surface area contributed by atoms with Crippen LogP contribution in [0, 0.1) is 11.6 Å². The number of ether oxygens (including phenoxy) is 2. The molecule has 0 radical (unpaired) electrons. The van der Waals surface area contributed by atoms with Gasteiger partial charge in [0.2, 0.25) is 0 Å². The van der Waals surface area contributed by atoms with Crippen molar-refractivity contribution in [2.75, 3.05) is 52.3 Å². The monoisotopic (exact) mass is 443 g/mol. The Kier molecular flexibility index (Phi) is 5.84. The molecule has 0 bridgehead atoms. The molecule has 2 aliphatic heterocycles. The zero-order chi connectivity index (χ0) is 23.0. The average Bonchev–Trinajstić information content (AvgIpc) is 3.05. The Labute approximate surface area is 184 Å². The summed E-state index contributed by atoms with van der Waals surface area (Å²) in [5.74, 6) is -2.49. The number of rotatable bonds is 5. The summed E-state index contributed by atoms with van der Waals surface area (Å²) < 4.78 is 38.0. The lowest BCUT2D eigenvalue weighted by Gasteiger charge is -2.34. The van der Waals surface area contributed by atoms with E-state index in [1.807, 2.05) is 11.9 Å². The molecule has 0 N–H and O–H groups in total. The van der Waals surface area contributed by atoms with E-state index in [0.29, 0.717) is 30.2 Å². The van der Waals surface area contributed by atoms with Crippen LogP contribution in [0.3, 0.4) is 0 Å².